The van der Waals surface area contributed by atoms with Gasteiger partial charge in [-0.15, -0.1) is 6.58 Å². The first kappa shape index (κ1) is 26.2. The Hall–Kier alpha value is -1.37. The predicted octanol–water partition coefficient (Wildman–Crippen LogP) is 6.69. The lowest BCUT2D eigenvalue weighted by Gasteiger charge is -1.94. The fourth-order valence-electron chi connectivity index (χ4n) is 0.712. The van der Waals surface area contributed by atoms with Gasteiger partial charge in [0.1, 0.15) is 0 Å². The number of hydrogen-bond donors (Lipinski definition) is 0. The number of pyridine rings is 1. The number of allylic oxidation sites excluding steroid dienone is 1. The van der Waals surface area contributed by atoms with E-state index < -0.39 is 0 Å². The molecule has 0 saturated heterocycles. The van der Waals surface area contributed by atoms with Crippen LogP contribution in [0.3, 0.4) is 0 Å². The molecule has 0 aliphatic rings. The van der Waals surface area contributed by atoms with Crippen LogP contribution in [0.5, 0.6) is 0 Å². The highest BCUT2D eigenvalue weighted by Gasteiger charge is 1.88. The Balaban J connectivity index is -0.0000000957. The van der Waals surface area contributed by atoms with Gasteiger partial charge in [-0.2, -0.15) is 0 Å². The molecule has 1 aromatic rings. The molecule has 0 atom stereocenters. The van der Waals surface area contributed by atoms with Crippen LogP contribution >= 0.6 is 0 Å². The van der Waals surface area contributed by atoms with Crippen LogP contribution in [0.2, 0.25) is 0 Å². The van der Waals surface area contributed by atoms with Crippen LogP contribution in [0, 0.1) is 6.92 Å². The Morgan fingerprint density at radius 3 is 1.68 bits per heavy atom. The summed E-state index contributed by atoms with van der Waals surface area (Å²) in [4.78, 5) is 4.08. The maximum atomic E-state index is 4.08. The van der Waals surface area contributed by atoms with Gasteiger partial charge in [0, 0.05) is 11.9 Å². The summed E-state index contributed by atoms with van der Waals surface area (Å²) in [6, 6.07) is 3.90. The van der Waals surface area contributed by atoms with E-state index in [0.717, 1.165) is 17.7 Å². The highest BCUT2D eigenvalue weighted by Crippen LogP contribution is 2.03. The van der Waals surface area contributed by atoms with E-state index in [4.69, 9.17) is 0 Å². The van der Waals surface area contributed by atoms with Crippen molar-refractivity contribution in [3.05, 3.63) is 48.8 Å². The second-order valence-electron chi connectivity index (χ2n) is 2.58. The Labute approximate surface area is 122 Å². The fraction of sp³-hybridized carbons (Fsp3) is 0.500. The Morgan fingerprint density at radius 2 is 1.47 bits per heavy atom. The molecule has 0 bridgehead atoms. The van der Waals surface area contributed by atoms with E-state index in [2.05, 4.69) is 25.1 Å². The Kier molecular flexibility index (Phi) is 41.5. The molecule has 0 unspecified atom stereocenters. The molecular weight excluding hydrogens is 230 g/mol. The van der Waals surface area contributed by atoms with Crippen molar-refractivity contribution < 1.29 is 0 Å². The van der Waals surface area contributed by atoms with Crippen LogP contribution in [0.25, 0.3) is 6.08 Å². The minimum atomic E-state index is 1.03. The molecule has 0 spiro atoms. The van der Waals surface area contributed by atoms with Gasteiger partial charge in [-0.25, -0.2) is 0 Å². The van der Waals surface area contributed by atoms with E-state index in [-0.39, 0.29) is 0 Å². The first-order valence-electron chi connectivity index (χ1n) is 7.41. The molecule has 1 heterocycles. The van der Waals surface area contributed by atoms with Gasteiger partial charge in [-0.1, -0.05) is 73.3 Å². The quantitative estimate of drug-likeness (QED) is 0.542. The summed E-state index contributed by atoms with van der Waals surface area (Å²) >= 11 is 0. The van der Waals surface area contributed by atoms with Crippen molar-refractivity contribution in [1.82, 2.24) is 4.98 Å². The predicted molar refractivity (Wildman–Crippen MR) is 93.6 cm³/mol. The normalized spacial score (nSPS) is 6.53. The molecule has 0 N–H and O–H groups in total. The number of rotatable bonds is 2. The number of nitrogens with zero attached hydrogens (tertiary/aromatic N) is 1. The molecule has 0 aliphatic heterocycles. The van der Waals surface area contributed by atoms with Crippen LogP contribution in [-0.4, -0.2) is 4.98 Å². The lowest BCUT2D eigenvalue weighted by atomic mass is 10.2. The third kappa shape index (κ3) is 22.3. The first-order valence-corrected chi connectivity index (χ1v) is 7.41. The Bertz CT molecular complexity index is 264. The number of aryl methyl sites for hydroxylation is 1. The van der Waals surface area contributed by atoms with Gasteiger partial charge in [0.2, 0.25) is 0 Å². The minimum absolute atomic E-state index is 1.03. The Morgan fingerprint density at radius 1 is 1.05 bits per heavy atom. The molecule has 0 aliphatic carbocycles. The molecule has 1 heteroatoms. The molecular formula is C18H35N. The molecule has 112 valence electrons. The van der Waals surface area contributed by atoms with Crippen LogP contribution in [-0.2, 0) is 0 Å². The molecule has 19 heavy (non-hydrogen) atoms. The summed E-state index contributed by atoms with van der Waals surface area (Å²) in [6.07, 6.45) is 6.55. The van der Waals surface area contributed by atoms with Crippen molar-refractivity contribution in [2.45, 2.75) is 61.8 Å². The average Bonchev–Trinajstić information content (AvgIpc) is 2.54. The number of hydrogen-bond acceptors (Lipinski definition) is 1. The lowest BCUT2D eigenvalue weighted by molar-refractivity contribution is 1.19. The summed E-state index contributed by atoms with van der Waals surface area (Å²) in [5.41, 5.74) is 2.14. The second-order valence-corrected chi connectivity index (χ2v) is 2.58. The maximum Gasteiger partial charge on any atom is 0.0444 e. The molecule has 0 saturated carbocycles. The van der Waals surface area contributed by atoms with Gasteiger partial charge in [-0.3, -0.25) is 4.98 Å². The third-order valence-electron chi connectivity index (χ3n) is 1.56. The molecule has 1 aromatic heterocycles. The SMILES string of the molecule is C=CCC.C=Cc1cccnc1C.CC.CC.CC. The van der Waals surface area contributed by atoms with Gasteiger partial charge >= 0.3 is 0 Å². The standard InChI is InChI=1S/C8H9N.C4H8.3C2H6/c1-3-8-5-4-6-9-7(8)2;1-3-4-2;3*1-2/h3-6H,1H2,2H3;3H,1,4H2,2H3;3*1-2H3. The van der Waals surface area contributed by atoms with Crippen molar-refractivity contribution in [3.63, 3.8) is 0 Å². The van der Waals surface area contributed by atoms with Crippen LogP contribution in [0.1, 0.15) is 66.1 Å². The van der Waals surface area contributed by atoms with Crippen molar-refractivity contribution in [1.29, 1.82) is 0 Å². The average molecular weight is 265 g/mol. The van der Waals surface area contributed by atoms with Crippen LogP contribution < -0.4 is 0 Å². The van der Waals surface area contributed by atoms with Crippen molar-refractivity contribution >= 4 is 6.08 Å². The fourth-order valence-corrected chi connectivity index (χ4v) is 0.712. The van der Waals surface area contributed by atoms with Gasteiger partial charge in [-0.05, 0) is 25.0 Å². The van der Waals surface area contributed by atoms with E-state index in [9.17, 15) is 0 Å². The van der Waals surface area contributed by atoms with Gasteiger partial charge < -0.3 is 0 Å². The lowest BCUT2D eigenvalue weighted by Crippen LogP contribution is -1.82. The zero-order valence-corrected chi connectivity index (χ0v) is 14.5. The smallest absolute Gasteiger partial charge is 0.0444 e. The van der Waals surface area contributed by atoms with E-state index in [0.29, 0.717) is 0 Å². The van der Waals surface area contributed by atoms with Crippen LogP contribution in [0.15, 0.2) is 37.6 Å². The summed E-state index contributed by atoms with van der Waals surface area (Å²) in [6.45, 7) is 23.2. The van der Waals surface area contributed by atoms with E-state index in [1.54, 1.807) is 6.20 Å². The third-order valence-corrected chi connectivity index (χ3v) is 1.56. The topological polar surface area (TPSA) is 12.9 Å². The summed E-state index contributed by atoms with van der Waals surface area (Å²) in [5.74, 6) is 0. The van der Waals surface area contributed by atoms with Crippen molar-refractivity contribution in [2.24, 2.45) is 0 Å². The first-order chi connectivity index (χ1) is 9.26. The number of aromatic nitrogens is 1. The van der Waals surface area contributed by atoms with Gasteiger partial charge in [0.15, 0.2) is 0 Å². The van der Waals surface area contributed by atoms with Gasteiger partial charge in [0.25, 0.3) is 0 Å². The van der Waals surface area contributed by atoms with Crippen molar-refractivity contribution in [2.75, 3.05) is 0 Å². The van der Waals surface area contributed by atoms with Crippen molar-refractivity contribution in [3.8, 4) is 0 Å². The summed E-state index contributed by atoms with van der Waals surface area (Å²) < 4.78 is 0. The second kappa shape index (κ2) is 30.0. The monoisotopic (exact) mass is 265 g/mol. The zero-order valence-electron chi connectivity index (χ0n) is 14.5. The van der Waals surface area contributed by atoms with E-state index >= 15 is 0 Å². The minimum Gasteiger partial charge on any atom is -0.261 e. The highest BCUT2D eigenvalue weighted by molar-refractivity contribution is 5.48. The zero-order chi connectivity index (χ0) is 16.1. The van der Waals surface area contributed by atoms with E-state index in [1.165, 1.54) is 0 Å². The molecule has 0 radical (unpaired) electrons. The summed E-state index contributed by atoms with van der Waals surface area (Å²) in [7, 11) is 0. The molecule has 0 fully saturated rings. The molecule has 1 rings (SSSR count). The molecule has 1 nitrogen and oxygen atoms in total. The van der Waals surface area contributed by atoms with Gasteiger partial charge in [0.05, 0.1) is 0 Å². The molecule has 0 amide bonds. The summed E-state index contributed by atoms with van der Waals surface area (Å²) in [5, 5.41) is 0. The van der Waals surface area contributed by atoms with Crippen LogP contribution in [0.4, 0.5) is 0 Å². The maximum absolute atomic E-state index is 4.08. The highest BCUT2D eigenvalue weighted by atomic mass is 14.7. The van der Waals surface area contributed by atoms with E-state index in [1.807, 2.05) is 72.8 Å². The largest absolute Gasteiger partial charge is 0.261 e. The molecule has 0 aromatic carbocycles.